The molecule has 7 unspecified atom stereocenters. The second-order valence-corrected chi connectivity index (χ2v) is 12.3. The van der Waals surface area contributed by atoms with Gasteiger partial charge in [-0.25, -0.2) is 0 Å². The van der Waals surface area contributed by atoms with Crippen LogP contribution in [-0.4, -0.2) is 87.5 Å². The van der Waals surface area contributed by atoms with Crippen LogP contribution in [0.1, 0.15) is 129 Å². The molecule has 6 N–H and O–H groups in total. The van der Waals surface area contributed by atoms with E-state index < -0.39 is 49.5 Å². The van der Waals surface area contributed by atoms with Crippen molar-refractivity contribution >= 4 is 5.91 Å². The van der Waals surface area contributed by atoms with Gasteiger partial charge in [-0.15, -0.1) is 0 Å². The molecule has 0 aromatic heterocycles. The molecule has 9 heteroatoms. The minimum Gasteiger partial charge on any atom is -0.394 e. The van der Waals surface area contributed by atoms with Crippen LogP contribution in [0.25, 0.3) is 0 Å². The molecule has 1 heterocycles. The summed E-state index contributed by atoms with van der Waals surface area (Å²) in [6.07, 6.45) is 23.0. The average molecular weight is 640 g/mol. The Morgan fingerprint density at radius 1 is 0.778 bits per heavy atom. The Labute approximate surface area is 272 Å². The van der Waals surface area contributed by atoms with Gasteiger partial charge in [0.1, 0.15) is 24.4 Å². The van der Waals surface area contributed by atoms with Crippen LogP contribution in [-0.2, 0) is 14.3 Å². The van der Waals surface area contributed by atoms with Crippen LogP contribution in [0, 0.1) is 0 Å². The molecule has 0 radical (unpaired) electrons. The summed E-state index contributed by atoms with van der Waals surface area (Å²) in [5.74, 6) is -0.179. The summed E-state index contributed by atoms with van der Waals surface area (Å²) in [5.41, 5.74) is 0. The molecule has 262 valence electrons. The molecule has 0 saturated carbocycles. The Balaban J connectivity index is 2.49. The number of rotatable bonds is 27. The van der Waals surface area contributed by atoms with Crippen LogP contribution in [0.2, 0.25) is 0 Å². The normalized spacial score (nSPS) is 23.8. The maximum atomic E-state index is 12.8. The van der Waals surface area contributed by atoms with Crippen molar-refractivity contribution in [1.82, 2.24) is 5.32 Å². The number of hydrogen-bond acceptors (Lipinski definition) is 8. The summed E-state index contributed by atoms with van der Waals surface area (Å²) in [6.45, 7) is 3.63. The highest BCUT2D eigenvalue weighted by atomic mass is 16.7. The van der Waals surface area contributed by atoms with Gasteiger partial charge in [-0.1, -0.05) is 115 Å². The number of amides is 1. The van der Waals surface area contributed by atoms with Crippen molar-refractivity contribution in [3.05, 3.63) is 36.5 Å². The van der Waals surface area contributed by atoms with Gasteiger partial charge in [0, 0.05) is 6.42 Å². The maximum Gasteiger partial charge on any atom is 0.220 e. The summed E-state index contributed by atoms with van der Waals surface area (Å²) < 4.78 is 11.1. The van der Waals surface area contributed by atoms with Gasteiger partial charge < -0.3 is 40.3 Å². The zero-order chi connectivity index (χ0) is 33.1. The highest BCUT2D eigenvalue weighted by Gasteiger charge is 2.44. The van der Waals surface area contributed by atoms with E-state index in [1.165, 1.54) is 38.5 Å². The monoisotopic (exact) mass is 639 g/mol. The fraction of sp³-hybridized carbons (Fsp3) is 0.806. The van der Waals surface area contributed by atoms with E-state index in [2.05, 4.69) is 55.6 Å². The first-order chi connectivity index (χ1) is 21.8. The molecule has 0 spiro atoms. The Hall–Kier alpha value is -1.59. The Morgan fingerprint density at radius 2 is 1.38 bits per heavy atom. The number of aliphatic hydroxyl groups is 5. The average Bonchev–Trinajstić information content (AvgIpc) is 3.04. The third-order valence-electron chi connectivity index (χ3n) is 8.26. The molecule has 1 aliphatic heterocycles. The number of ether oxygens (including phenoxy) is 2. The van der Waals surface area contributed by atoms with Crippen LogP contribution in [0.3, 0.4) is 0 Å². The summed E-state index contributed by atoms with van der Waals surface area (Å²) in [7, 11) is 0. The number of hydrogen-bond donors (Lipinski definition) is 6. The Kier molecular flexibility index (Phi) is 25.3. The standard InChI is InChI=1S/C36H65NO8/c1-3-5-7-9-11-13-14-15-16-18-20-22-24-26-32(40)37-29(30(39)25-23-21-19-17-12-10-8-6-4-2)28-44-36-35(43)34(42)33(41)31(27-38)45-36/h5,7,11,13,15-16,29-31,33-36,38-39,41-43H,3-4,6,8-10,12,14,17-28H2,1-2H3,(H,37,40)/b7-5-,13-11-,16-15-. The van der Waals surface area contributed by atoms with E-state index in [1.54, 1.807) is 0 Å². The lowest BCUT2D eigenvalue weighted by Crippen LogP contribution is -2.60. The minimum atomic E-state index is -1.56. The molecule has 0 aromatic carbocycles. The van der Waals surface area contributed by atoms with Gasteiger partial charge in [-0.2, -0.15) is 0 Å². The van der Waals surface area contributed by atoms with Crippen LogP contribution in [0.5, 0.6) is 0 Å². The zero-order valence-corrected chi connectivity index (χ0v) is 28.1. The molecule has 1 aliphatic rings. The van der Waals surface area contributed by atoms with Gasteiger partial charge in [-0.05, 0) is 44.9 Å². The topological polar surface area (TPSA) is 149 Å². The Morgan fingerprint density at radius 3 is 2.02 bits per heavy atom. The van der Waals surface area contributed by atoms with Crippen LogP contribution in [0.15, 0.2) is 36.5 Å². The molecule has 1 amide bonds. The summed E-state index contributed by atoms with van der Waals surface area (Å²) >= 11 is 0. The predicted molar refractivity (Wildman–Crippen MR) is 180 cm³/mol. The van der Waals surface area contributed by atoms with Gasteiger partial charge in [0.2, 0.25) is 5.91 Å². The molecule has 1 rings (SSSR count). The lowest BCUT2D eigenvalue weighted by atomic mass is 9.99. The number of aliphatic hydroxyl groups excluding tert-OH is 5. The smallest absolute Gasteiger partial charge is 0.220 e. The molecule has 9 nitrogen and oxygen atoms in total. The quantitative estimate of drug-likeness (QED) is 0.0519. The first-order valence-corrected chi connectivity index (χ1v) is 17.7. The van der Waals surface area contributed by atoms with Gasteiger partial charge in [0.15, 0.2) is 6.29 Å². The summed E-state index contributed by atoms with van der Waals surface area (Å²) in [4.78, 5) is 12.8. The van der Waals surface area contributed by atoms with E-state index in [4.69, 9.17) is 9.47 Å². The van der Waals surface area contributed by atoms with E-state index in [1.807, 2.05) is 0 Å². The van der Waals surface area contributed by atoms with Crippen molar-refractivity contribution in [2.45, 2.75) is 172 Å². The van der Waals surface area contributed by atoms with E-state index >= 15 is 0 Å². The van der Waals surface area contributed by atoms with E-state index in [9.17, 15) is 30.3 Å². The second kappa shape index (κ2) is 27.5. The minimum absolute atomic E-state index is 0.152. The lowest BCUT2D eigenvalue weighted by molar-refractivity contribution is -0.302. The van der Waals surface area contributed by atoms with Crippen LogP contribution >= 0.6 is 0 Å². The van der Waals surface area contributed by atoms with Gasteiger partial charge in [-0.3, -0.25) is 4.79 Å². The summed E-state index contributed by atoms with van der Waals surface area (Å²) in [6, 6.07) is -0.729. The molecular formula is C36H65NO8. The van der Waals surface area contributed by atoms with Crippen molar-refractivity contribution in [2.75, 3.05) is 13.2 Å². The number of nitrogens with one attached hydrogen (secondary N) is 1. The molecule has 7 atom stereocenters. The third kappa shape index (κ3) is 19.6. The van der Waals surface area contributed by atoms with Crippen molar-refractivity contribution in [3.63, 3.8) is 0 Å². The molecular weight excluding hydrogens is 574 g/mol. The van der Waals surface area contributed by atoms with Crippen molar-refractivity contribution in [2.24, 2.45) is 0 Å². The molecule has 45 heavy (non-hydrogen) atoms. The molecule has 0 aromatic rings. The van der Waals surface area contributed by atoms with Crippen molar-refractivity contribution < 1.29 is 39.8 Å². The fourth-order valence-corrected chi connectivity index (χ4v) is 5.35. The van der Waals surface area contributed by atoms with Crippen LogP contribution < -0.4 is 5.32 Å². The highest BCUT2D eigenvalue weighted by Crippen LogP contribution is 2.22. The summed E-state index contributed by atoms with van der Waals surface area (Å²) in [5, 5.41) is 53.8. The molecule has 1 saturated heterocycles. The highest BCUT2D eigenvalue weighted by molar-refractivity contribution is 5.76. The first kappa shape index (κ1) is 41.4. The lowest BCUT2D eigenvalue weighted by Gasteiger charge is -2.40. The second-order valence-electron chi connectivity index (χ2n) is 12.3. The zero-order valence-electron chi connectivity index (χ0n) is 28.1. The van der Waals surface area contributed by atoms with E-state index in [0.717, 1.165) is 64.2 Å². The number of unbranched alkanes of at least 4 members (excludes halogenated alkanes) is 11. The third-order valence-corrected chi connectivity index (χ3v) is 8.26. The maximum absolute atomic E-state index is 12.8. The van der Waals surface area contributed by atoms with Crippen molar-refractivity contribution in [3.8, 4) is 0 Å². The fourth-order valence-electron chi connectivity index (χ4n) is 5.35. The number of carbonyl (C=O) groups is 1. The molecule has 0 aliphatic carbocycles. The predicted octanol–water partition coefficient (Wildman–Crippen LogP) is 5.38. The first-order valence-electron chi connectivity index (χ1n) is 17.7. The van der Waals surface area contributed by atoms with Gasteiger partial charge in [0.25, 0.3) is 0 Å². The Bertz CT molecular complexity index is 802. The molecule has 0 bridgehead atoms. The van der Waals surface area contributed by atoms with Gasteiger partial charge >= 0.3 is 0 Å². The molecule has 1 fully saturated rings. The SMILES string of the molecule is CC/C=C\C/C=C\C/C=C\CCCCCC(=O)NC(COC1OC(CO)C(O)C(O)C1O)C(O)CCCCCCCCCCC. The van der Waals surface area contributed by atoms with Gasteiger partial charge in [0.05, 0.1) is 25.4 Å². The number of allylic oxidation sites excluding steroid dienone is 6. The van der Waals surface area contributed by atoms with Crippen molar-refractivity contribution in [1.29, 1.82) is 0 Å². The number of carbonyl (C=O) groups excluding carboxylic acids is 1. The van der Waals surface area contributed by atoms with E-state index in [0.29, 0.717) is 12.8 Å². The van der Waals surface area contributed by atoms with Crippen LogP contribution in [0.4, 0.5) is 0 Å². The van der Waals surface area contributed by atoms with E-state index in [-0.39, 0.29) is 12.5 Å². The largest absolute Gasteiger partial charge is 0.394 e.